The fourth-order valence-electron chi connectivity index (χ4n) is 3.52. The summed E-state index contributed by atoms with van der Waals surface area (Å²) in [5, 5.41) is 5.98. The molecule has 0 fully saturated rings. The second kappa shape index (κ2) is 7.11. The number of hydrogen-bond donors (Lipinski definition) is 2. The third-order valence-corrected chi connectivity index (χ3v) is 5.00. The summed E-state index contributed by atoms with van der Waals surface area (Å²) in [7, 11) is 0. The van der Waals surface area contributed by atoms with E-state index in [2.05, 4.69) is 20.6 Å². The zero-order valence-corrected chi connectivity index (χ0v) is 16.2. The van der Waals surface area contributed by atoms with Crippen molar-refractivity contribution < 1.29 is 9.18 Å². The van der Waals surface area contributed by atoms with Gasteiger partial charge in [0.25, 0.3) is 5.91 Å². The summed E-state index contributed by atoms with van der Waals surface area (Å²) in [5.41, 5.74) is 4.34. The molecule has 0 bridgehead atoms. The highest BCUT2D eigenvalue weighted by Gasteiger charge is 2.22. The predicted octanol–water partition coefficient (Wildman–Crippen LogP) is 4.61. The standard InChI is InChI=1S/C23H18FN5O/c1-14-12-29(13-25-14)21-11-20-19(10-18(21)24)27-22-17(23(30)28-20)8-7-16(26-22)9-15-5-3-2-4-6-15/h2-8,10-13H,9H2,1H3,(H,26,27)(H,28,30). The molecule has 6 nitrogen and oxygen atoms in total. The molecule has 0 saturated carbocycles. The molecule has 3 heterocycles. The predicted molar refractivity (Wildman–Crippen MR) is 113 cm³/mol. The highest BCUT2D eigenvalue weighted by molar-refractivity contribution is 6.11. The van der Waals surface area contributed by atoms with Crippen LogP contribution in [0.25, 0.3) is 5.69 Å². The Kier molecular flexibility index (Phi) is 4.28. The van der Waals surface area contributed by atoms with Gasteiger partial charge in [0.2, 0.25) is 0 Å². The summed E-state index contributed by atoms with van der Waals surface area (Å²) in [6, 6.07) is 16.5. The molecular formula is C23H18FN5O. The first-order valence-corrected chi connectivity index (χ1v) is 9.53. The topological polar surface area (TPSA) is 71.8 Å². The highest BCUT2D eigenvalue weighted by atomic mass is 19.1. The molecular weight excluding hydrogens is 381 g/mol. The van der Waals surface area contributed by atoms with Crippen LogP contribution in [0.1, 0.15) is 27.3 Å². The van der Waals surface area contributed by atoms with Crippen molar-refractivity contribution in [1.29, 1.82) is 0 Å². The van der Waals surface area contributed by atoms with Gasteiger partial charge in [-0.3, -0.25) is 4.79 Å². The Bertz CT molecular complexity index is 1270. The van der Waals surface area contributed by atoms with E-state index < -0.39 is 5.82 Å². The van der Waals surface area contributed by atoms with Gasteiger partial charge in [-0.2, -0.15) is 0 Å². The maximum absolute atomic E-state index is 14.8. The molecule has 2 aromatic heterocycles. The van der Waals surface area contributed by atoms with Crippen molar-refractivity contribution in [3.63, 3.8) is 0 Å². The number of fused-ring (bicyclic) bond motifs is 2. The number of aryl methyl sites for hydroxylation is 1. The first-order chi connectivity index (χ1) is 14.6. The van der Waals surface area contributed by atoms with Crippen molar-refractivity contribution in [2.45, 2.75) is 13.3 Å². The van der Waals surface area contributed by atoms with Crippen LogP contribution >= 0.6 is 0 Å². The molecule has 148 valence electrons. The van der Waals surface area contributed by atoms with E-state index in [4.69, 9.17) is 0 Å². The molecule has 0 aliphatic carbocycles. The van der Waals surface area contributed by atoms with E-state index in [1.54, 1.807) is 22.9 Å². The quantitative estimate of drug-likeness (QED) is 0.528. The molecule has 2 aromatic carbocycles. The van der Waals surface area contributed by atoms with E-state index >= 15 is 0 Å². The summed E-state index contributed by atoms with van der Waals surface area (Å²) >= 11 is 0. The lowest BCUT2D eigenvalue weighted by atomic mass is 10.1. The van der Waals surface area contributed by atoms with Gasteiger partial charge >= 0.3 is 0 Å². The Hall–Kier alpha value is -4.00. The minimum atomic E-state index is -0.434. The zero-order chi connectivity index (χ0) is 20.7. The van der Waals surface area contributed by atoms with Crippen molar-refractivity contribution in [3.8, 4) is 5.69 Å². The fourth-order valence-corrected chi connectivity index (χ4v) is 3.52. The highest BCUT2D eigenvalue weighted by Crippen LogP contribution is 2.34. The number of aromatic nitrogens is 3. The number of rotatable bonds is 3. The molecule has 0 saturated heterocycles. The third kappa shape index (κ3) is 3.30. The summed E-state index contributed by atoms with van der Waals surface area (Å²) in [6.45, 7) is 1.83. The molecule has 4 aromatic rings. The molecule has 1 aliphatic heterocycles. The number of carbonyl (C=O) groups excluding carboxylic acids is 1. The first kappa shape index (κ1) is 18.1. The van der Waals surface area contributed by atoms with E-state index in [0.29, 0.717) is 34.9 Å². The first-order valence-electron chi connectivity index (χ1n) is 9.53. The summed E-state index contributed by atoms with van der Waals surface area (Å²) in [4.78, 5) is 21.5. The van der Waals surface area contributed by atoms with E-state index in [9.17, 15) is 9.18 Å². The molecule has 7 heteroatoms. The summed E-state index contributed by atoms with van der Waals surface area (Å²) in [6.07, 6.45) is 3.90. The van der Waals surface area contributed by atoms with Gasteiger partial charge < -0.3 is 15.2 Å². The van der Waals surface area contributed by atoms with Crippen LogP contribution in [0, 0.1) is 12.7 Å². The van der Waals surface area contributed by atoms with Crippen molar-refractivity contribution in [3.05, 3.63) is 95.5 Å². The van der Waals surface area contributed by atoms with E-state index in [1.165, 1.54) is 12.4 Å². The average molecular weight is 399 g/mol. The van der Waals surface area contributed by atoms with Crippen LogP contribution < -0.4 is 10.6 Å². The third-order valence-electron chi connectivity index (χ3n) is 5.00. The van der Waals surface area contributed by atoms with Gasteiger partial charge in [-0.25, -0.2) is 14.4 Å². The van der Waals surface area contributed by atoms with Gasteiger partial charge in [0, 0.05) is 24.4 Å². The summed E-state index contributed by atoms with van der Waals surface area (Å²) < 4.78 is 16.4. The molecule has 5 rings (SSSR count). The molecule has 0 radical (unpaired) electrons. The van der Waals surface area contributed by atoms with Crippen molar-refractivity contribution in [1.82, 2.24) is 14.5 Å². The van der Waals surface area contributed by atoms with Gasteiger partial charge in [-0.05, 0) is 30.7 Å². The molecule has 1 aliphatic rings. The Balaban J connectivity index is 1.52. The second-order valence-corrected chi connectivity index (χ2v) is 7.21. The van der Waals surface area contributed by atoms with Crippen LogP contribution in [-0.2, 0) is 6.42 Å². The summed E-state index contributed by atoms with van der Waals surface area (Å²) in [5.74, 6) is -0.323. The molecule has 2 N–H and O–H groups in total. The van der Waals surface area contributed by atoms with Gasteiger partial charge in [0.1, 0.15) is 11.6 Å². The fraction of sp³-hybridized carbons (Fsp3) is 0.0870. The van der Waals surface area contributed by atoms with Crippen LogP contribution in [0.15, 0.2) is 67.1 Å². The number of carbonyl (C=O) groups is 1. The number of nitrogens with one attached hydrogen (secondary N) is 2. The van der Waals surface area contributed by atoms with Crippen LogP contribution in [0.5, 0.6) is 0 Å². The number of imidazole rings is 1. The molecule has 1 amide bonds. The van der Waals surface area contributed by atoms with E-state index in [-0.39, 0.29) is 5.91 Å². The van der Waals surface area contributed by atoms with Crippen LogP contribution in [0.2, 0.25) is 0 Å². The van der Waals surface area contributed by atoms with Crippen LogP contribution in [0.3, 0.4) is 0 Å². The van der Waals surface area contributed by atoms with Gasteiger partial charge in [0.05, 0.1) is 34.6 Å². The Labute approximate surface area is 172 Å². The minimum Gasteiger partial charge on any atom is -0.338 e. The van der Waals surface area contributed by atoms with Crippen LogP contribution in [-0.4, -0.2) is 20.4 Å². The maximum atomic E-state index is 14.8. The van der Waals surface area contributed by atoms with Crippen molar-refractivity contribution in [2.75, 3.05) is 10.6 Å². The van der Waals surface area contributed by atoms with E-state index in [0.717, 1.165) is 17.0 Å². The number of pyridine rings is 1. The Morgan fingerprint density at radius 3 is 2.60 bits per heavy atom. The average Bonchev–Trinajstić information content (AvgIpc) is 3.11. The number of nitrogens with zero attached hydrogens (tertiary/aromatic N) is 3. The second-order valence-electron chi connectivity index (χ2n) is 7.21. The van der Waals surface area contributed by atoms with E-state index in [1.807, 2.05) is 43.3 Å². The number of anilines is 3. The maximum Gasteiger partial charge on any atom is 0.259 e. The SMILES string of the molecule is Cc1cn(-c2cc3c(cc2F)Nc2nc(Cc4ccccc4)ccc2C(=O)N3)cn1. The number of halogens is 1. The molecule has 30 heavy (non-hydrogen) atoms. The lowest BCUT2D eigenvalue weighted by Gasteiger charge is -2.12. The smallest absolute Gasteiger partial charge is 0.259 e. The van der Waals surface area contributed by atoms with Gasteiger partial charge in [0.15, 0.2) is 0 Å². The number of amides is 1. The largest absolute Gasteiger partial charge is 0.338 e. The minimum absolute atomic E-state index is 0.297. The van der Waals surface area contributed by atoms with Crippen LogP contribution in [0.4, 0.5) is 21.6 Å². The monoisotopic (exact) mass is 399 g/mol. The molecule has 0 atom stereocenters. The number of hydrogen-bond acceptors (Lipinski definition) is 4. The lowest BCUT2D eigenvalue weighted by molar-refractivity contribution is 0.102. The zero-order valence-electron chi connectivity index (χ0n) is 16.2. The molecule has 0 unspecified atom stereocenters. The lowest BCUT2D eigenvalue weighted by Crippen LogP contribution is -2.12. The van der Waals surface area contributed by atoms with Crippen molar-refractivity contribution in [2.24, 2.45) is 0 Å². The van der Waals surface area contributed by atoms with Gasteiger partial charge in [-0.1, -0.05) is 30.3 Å². The van der Waals surface area contributed by atoms with Gasteiger partial charge in [-0.15, -0.1) is 0 Å². The Morgan fingerprint density at radius 2 is 1.83 bits per heavy atom. The molecule has 0 spiro atoms. The normalized spacial score (nSPS) is 12.4. The Morgan fingerprint density at radius 1 is 1.03 bits per heavy atom. The number of benzene rings is 2. The van der Waals surface area contributed by atoms with Crippen molar-refractivity contribution >= 4 is 23.1 Å².